The Morgan fingerprint density at radius 3 is 2.25 bits per heavy atom. The van der Waals surface area contributed by atoms with Gasteiger partial charge in [0.05, 0.1) is 0 Å². The van der Waals surface area contributed by atoms with E-state index in [4.69, 9.17) is 0 Å². The zero-order valence-corrected chi connectivity index (χ0v) is 13.3. The fourth-order valence-electron chi connectivity index (χ4n) is 5.31. The third-order valence-corrected chi connectivity index (χ3v) is 7.22. The van der Waals surface area contributed by atoms with Crippen LogP contribution in [-0.2, 0) is 0 Å². The molecule has 4 fully saturated rings. The van der Waals surface area contributed by atoms with Gasteiger partial charge in [-0.1, -0.05) is 6.42 Å². The molecule has 0 amide bonds. The van der Waals surface area contributed by atoms with Gasteiger partial charge in [0.15, 0.2) is 0 Å². The van der Waals surface area contributed by atoms with Crippen molar-refractivity contribution in [3.8, 4) is 0 Å². The molecule has 0 aromatic heterocycles. The van der Waals surface area contributed by atoms with E-state index in [1.54, 1.807) is 19.3 Å². The van der Waals surface area contributed by atoms with Gasteiger partial charge in [-0.05, 0) is 95.3 Å². The summed E-state index contributed by atoms with van der Waals surface area (Å²) < 4.78 is 0. The molecule has 2 nitrogen and oxygen atoms in total. The van der Waals surface area contributed by atoms with Crippen LogP contribution in [0.15, 0.2) is 0 Å². The van der Waals surface area contributed by atoms with Gasteiger partial charge in [-0.15, -0.1) is 0 Å². The van der Waals surface area contributed by atoms with Gasteiger partial charge in [-0.3, -0.25) is 0 Å². The van der Waals surface area contributed by atoms with Crippen LogP contribution in [0.5, 0.6) is 0 Å². The van der Waals surface area contributed by atoms with Crippen molar-refractivity contribution in [1.82, 2.24) is 9.80 Å². The van der Waals surface area contributed by atoms with Gasteiger partial charge >= 0.3 is 0 Å². The van der Waals surface area contributed by atoms with Gasteiger partial charge in [-0.25, -0.2) is 0 Å². The molecular formula is C18H32N2. The maximum Gasteiger partial charge on any atom is 0.00961 e. The average molecular weight is 276 g/mol. The minimum absolute atomic E-state index is 0.846. The van der Waals surface area contributed by atoms with E-state index < -0.39 is 0 Å². The van der Waals surface area contributed by atoms with Crippen LogP contribution >= 0.6 is 0 Å². The Morgan fingerprint density at radius 1 is 1.00 bits per heavy atom. The first-order valence-corrected chi connectivity index (χ1v) is 9.23. The van der Waals surface area contributed by atoms with E-state index in [9.17, 15) is 0 Å². The second-order valence-corrected chi connectivity index (χ2v) is 8.24. The van der Waals surface area contributed by atoms with Crippen molar-refractivity contribution in [2.24, 2.45) is 17.3 Å². The Labute approximate surface area is 124 Å². The van der Waals surface area contributed by atoms with Crippen LogP contribution in [0.25, 0.3) is 0 Å². The Hall–Kier alpha value is -0.0800. The van der Waals surface area contributed by atoms with Gasteiger partial charge in [-0.2, -0.15) is 0 Å². The third kappa shape index (κ3) is 2.43. The highest BCUT2D eigenvalue weighted by Crippen LogP contribution is 2.65. The Kier molecular flexibility index (Phi) is 3.58. The van der Waals surface area contributed by atoms with Gasteiger partial charge in [0, 0.05) is 12.6 Å². The molecule has 1 spiro atoms. The fraction of sp³-hybridized carbons (Fsp3) is 1.00. The quantitative estimate of drug-likeness (QED) is 0.777. The molecule has 0 bridgehead atoms. The number of rotatable bonds is 4. The lowest BCUT2D eigenvalue weighted by atomic mass is 9.79. The van der Waals surface area contributed by atoms with Crippen molar-refractivity contribution in [3.05, 3.63) is 0 Å². The SMILES string of the molecule is C[C@@H](C1CCN(C[C@@H]2CC23CCC3)CC1)N1CCCC1. The van der Waals surface area contributed by atoms with Crippen LogP contribution in [0.1, 0.15) is 58.3 Å². The topological polar surface area (TPSA) is 6.48 Å². The van der Waals surface area contributed by atoms with Crippen LogP contribution in [0.3, 0.4) is 0 Å². The summed E-state index contributed by atoms with van der Waals surface area (Å²) >= 11 is 0. The molecule has 2 saturated carbocycles. The van der Waals surface area contributed by atoms with Crippen molar-refractivity contribution in [2.45, 2.75) is 64.3 Å². The van der Waals surface area contributed by atoms with E-state index in [1.807, 2.05) is 0 Å². The van der Waals surface area contributed by atoms with E-state index in [-0.39, 0.29) is 0 Å². The predicted molar refractivity (Wildman–Crippen MR) is 83.8 cm³/mol. The largest absolute Gasteiger partial charge is 0.303 e. The van der Waals surface area contributed by atoms with Crippen molar-refractivity contribution in [3.63, 3.8) is 0 Å². The lowest BCUT2D eigenvalue weighted by Crippen LogP contribution is -2.43. The minimum atomic E-state index is 0.846. The van der Waals surface area contributed by atoms with Crippen molar-refractivity contribution >= 4 is 0 Å². The monoisotopic (exact) mass is 276 g/mol. The van der Waals surface area contributed by atoms with E-state index in [1.165, 1.54) is 64.8 Å². The molecule has 0 aromatic carbocycles. The summed E-state index contributed by atoms with van der Waals surface area (Å²) in [5.74, 6) is 2.06. The number of nitrogens with zero attached hydrogens (tertiary/aromatic N) is 2. The molecule has 0 radical (unpaired) electrons. The lowest BCUT2D eigenvalue weighted by molar-refractivity contribution is 0.102. The summed E-state index contributed by atoms with van der Waals surface area (Å²) in [5.41, 5.74) is 0.875. The first kappa shape index (κ1) is 13.6. The zero-order valence-electron chi connectivity index (χ0n) is 13.3. The second kappa shape index (κ2) is 5.28. The molecule has 114 valence electrons. The van der Waals surface area contributed by atoms with Crippen LogP contribution in [0, 0.1) is 17.3 Å². The van der Waals surface area contributed by atoms with Crippen LogP contribution < -0.4 is 0 Å². The highest BCUT2D eigenvalue weighted by Gasteiger charge is 2.57. The van der Waals surface area contributed by atoms with Crippen molar-refractivity contribution in [2.75, 3.05) is 32.7 Å². The third-order valence-electron chi connectivity index (χ3n) is 7.22. The van der Waals surface area contributed by atoms with Gasteiger partial charge in [0.25, 0.3) is 0 Å². The molecular weight excluding hydrogens is 244 g/mol. The van der Waals surface area contributed by atoms with E-state index in [0.29, 0.717) is 0 Å². The van der Waals surface area contributed by atoms with Crippen LogP contribution in [0.2, 0.25) is 0 Å². The summed E-state index contributed by atoms with van der Waals surface area (Å²) in [4.78, 5) is 5.55. The number of likely N-dealkylation sites (tertiary alicyclic amines) is 2. The smallest absolute Gasteiger partial charge is 0.00961 e. The Bertz CT molecular complexity index is 335. The van der Waals surface area contributed by atoms with Gasteiger partial charge in [0.2, 0.25) is 0 Å². The normalized spacial score (nSPS) is 36.1. The van der Waals surface area contributed by atoms with Crippen molar-refractivity contribution < 1.29 is 0 Å². The van der Waals surface area contributed by atoms with Gasteiger partial charge in [0.1, 0.15) is 0 Å². The number of piperidine rings is 1. The molecule has 0 aromatic rings. The Balaban J connectivity index is 1.22. The van der Waals surface area contributed by atoms with E-state index in [0.717, 1.165) is 23.3 Å². The summed E-state index contributed by atoms with van der Waals surface area (Å²) in [6.45, 7) is 9.43. The first-order valence-electron chi connectivity index (χ1n) is 9.23. The molecule has 4 rings (SSSR count). The average Bonchev–Trinajstić information content (AvgIpc) is 2.92. The van der Waals surface area contributed by atoms with E-state index in [2.05, 4.69) is 16.7 Å². The summed E-state index contributed by atoms with van der Waals surface area (Å²) in [7, 11) is 0. The van der Waals surface area contributed by atoms with Gasteiger partial charge < -0.3 is 9.80 Å². The maximum absolute atomic E-state index is 2.80. The lowest BCUT2D eigenvalue weighted by Gasteiger charge is -2.39. The molecule has 2 saturated heterocycles. The molecule has 4 aliphatic rings. The summed E-state index contributed by atoms with van der Waals surface area (Å²) in [6.07, 6.45) is 12.0. The number of hydrogen-bond acceptors (Lipinski definition) is 2. The van der Waals surface area contributed by atoms with Crippen LogP contribution in [0.4, 0.5) is 0 Å². The van der Waals surface area contributed by atoms with Crippen molar-refractivity contribution in [1.29, 1.82) is 0 Å². The number of hydrogen-bond donors (Lipinski definition) is 0. The predicted octanol–water partition coefficient (Wildman–Crippen LogP) is 3.37. The summed E-state index contributed by atoms with van der Waals surface area (Å²) in [6, 6.07) is 0.846. The van der Waals surface area contributed by atoms with Crippen LogP contribution in [-0.4, -0.2) is 48.6 Å². The second-order valence-electron chi connectivity index (χ2n) is 8.24. The molecule has 0 N–H and O–H groups in total. The molecule has 2 atom stereocenters. The highest BCUT2D eigenvalue weighted by atomic mass is 15.2. The Morgan fingerprint density at radius 2 is 1.70 bits per heavy atom. The molecule has 2 heterocycles. The molecule has 20 heavy (non-hydrogen) atoms. The fourth-order valence-corrected chi connectivity index (χ4v) is 5.31. The molecule has 2 aliphatic carbocycles. The van der Waals surface area contributed by atoms with E-state index >= 15 is 0 Å². The first-order chi connectivity index (χ1) is 9.77. The minimum Gasteiger partial charge on any atom is -0.303 e. The molecule has 0 unspecified atom stereocenters. The zero-order chi connectivity index (χ0) is 13.6. The maximum atomic E-state index is 2.80. The summed E-state index contributed by atoms with van der Waals surface area (Å²) in [5, 5.41) is 0. The standard InChI is InChI=1S/C18H32N2/c1-15(20-9-2-3-10-20)16-5-11-19(12-6-16)14-17-13-18(17)7-4-8-18/h15-17H,2-14H2,1H3/t15-,17-/m0/s1. The molecule has 2 aliphatic heterocycles. The molecule has 2 heteroatoms. The highest BCUT2D eigenvalue weighted by molar-refractivity contribution is 5.08.